The number of carbonyl (C=O) groups is 1. The molecule has 42 heavy (non-hydrogen) atoms. The summed E-state index contributed by atoms with van der Waals surface area (Å²) in [5, 5.41) is 3.06. The molecule has 0 saturated carbocycles. The number of benzene rings is 2. The number of halogens is 2. The van der Waals surface area contributed by atoms with Crippen LogP contribution in [0.5, 0.6) is 5.75 Å². The Morgan fingerprint density at radius 3 is 2.69 bits per heavy atom. The molecule has 2 aromatic heterocycles. The van der Waals surface area contributed by atoms with Crippen molar-refractivity contribution in [2.75, 3.05) is 22.4 Å². The SMILES string of the molecule is CCCS(=O)(=O)Nc1ccc(F)c(C(=O)Nc2cnc3[nH]c(-c4cccc(OCC5=COC(C)(C)O5)c4)cc3c2)c1F. The van der Waals surface area contributed by atoms with E-state index in [1.165, 1.54) is 12.5 Å². The maximum absolute atomic E-state index is 15.0. The number of nitrogens with one attached hydrogen (secondary N) is 3. The quantitative estimate of drug-likeness (QED) is 0.207. The molecule has 10 nitrogen and oxygen atoms in total. The van der Waals surface area contributed by atoms with E-state index in [4.69, 9.17) is 14.2 Å². The van der Waals surface area contributed by atoms with Gasteiger partial charge in [0.25, 0.3) is 5.91 Å². The zero-order valence-corrected chi connectivity index (χ0v) is 23.8. The van der Waals surface area contributed by atoms with E-state index in [2.05, 4.69) is 20.0 Å². The van der Waals surface area contributed by atoms with Crippen molar-refractivity contribution in [3.8, 4) is 17.0 Å². The predicted molar refractivity (Wildman–Crippen MR) is 153 cm³/mol. The second-order valence-electron chi connectivity index (χ2n) is 10.0. The number of ether oxygens (including phenoxy) is 3. The summed E-state index contributed by atoms with van der Waals surface area (Å²) in [4.78, 5) is 20.4. The van der Waals surface area contributed by atoms with Crippen LogP contribution in [0.4, 0.5) is 20.2 Å². The van der Waals surface area contributed by atoms with Gasteiger partial charge < -0.3 is 24.5 Å². The summed E-state index contributed by atoms with van der Waals surface area (Å²) >= 11 is 0. The Hall–Kier alpha value is -4.65. The number of sulfonamides is 1. The van der Waals surface area contributed by atoms with Crippen LogP contribution in [0.15, 0.2) is 66.7 Å². The zero-order chi connectivity index (χ0) is 30.1. The van der Waals surface area contributed by atoms with Gasteiger partial charge in [-0.05, 0) is 42.8 Å². The minimum Gasteiger partial charge on any atom is -0.486 e. The van der Waals surface area contributed by atoms with E-state index in [1.54, 1.807) is 32.9 Å². The van der Waals surface area contributed by atoms with Gasteiger partial charge in [0.2, 0.25) is 15.8 Å². The van der Waals surface area contributed by atoms with Gasteiger partial charge in [-0.2, -0.15) is 0 Å². The first-order chi connectivity index (χ1) is 19.9. The van der Waals surface area contributed by atoms with Crippen LogP contribution in [0.2, 0.25) is 0 Å². The Labute approximate surface area is 240 Å². The molecule has 1 aliphatic heterocycles. The smallest absolute Gasteiger partial charge is 0.261 e. The standard InChI is InChI=1S/C29H28F2N4O6S/c1-4-10-42(37,38)35-23-9-8-22(30)25(26(23)31)28(36)33-19-11-18-13-24(34-27(18)32-14-19)17-6-5-7-20(12-17)39-15-21-16-40-29(2,3)41-21/h5-9,11-14,16,35H,4,10,15H2,1-3H3,(H,32,34)(H,33,36). The summed E-state index contributed by atoms with van der Waals surface area (Å²) in [5.74, 6) is -3.37. The number of anilines is 2. The van der Waals surface area contributed by atoms with Crippen molar-refractivity contribution < 1.29 is 36.2 Å². The number of fused-ring (bicyclic) bond motifs is 1. The van der Waals surface area contributed by atoms with Crippen molar-refractivity contribution in [3.05, 3.63) is 83.9 Å². The number of nitrogens with zero attached hydrogens (tertiary/aromatic N) is 1. The van der Waals surface area contributed by atoms with Gasteiger partial charge in [-0.15, -0.1) is 0 Å². The van der Waals surface area contributed by atoms with Crippen molar-refractivity contribution >= 4 is 38.3 Å². The van der Waals surface area contributed by atoms with E-state index in [9.17, 15) is 17.6 Å². The second kappa shape index (κ2) is 11.3. The number of aromatic amines is 1. The summed E-state index contributed by atoms with van der Waals surface area (Å²) in [6.45, 7) is 5.44. The summed E-state index contributed by atoms with van der Waals surface area (Å²) in [6, 6.07) is 12.5. The highest BCUT2D eigenvalue weighted by atomic mass is 32.2. The van der Waals surface area contributed by atoms with Gasteiger partial charge in [0.05, 0.1) is 23.3 Å². The van der Waals surface area contributed by atoms with Gasteiger partial charge in [0.15, 0.2) is 11.6 Å². The Kier molecular flexibility index (Phi) is 7.78. The van der Waals surface area contributed by atoms with Gasteiger partial charge in [0.1, 0.15) is 35.6 Å². The molecular formula is C29H28F2N4O6S. The molecule has 220 valence electrons. The fourth-order valence-electron chi connectivity index (χ4n) is 4.30. The van der Waals surface area contributed by atoms with Crippen molar-refractivity contribution in [3.63, 3.8) is 0 Å². The lowest BCUT2D eigenvalue weighted by atomic mass is 10.1. The lowest BCUT2D eigenvalue weighted by Crippen LogP contribution is -2.21. The van der Waals surface area contributed by atoms with Gasteiger partial charge in [-0.1, -0.05) is 19.1 Å². The van der Waals surface area contributed by atoms with E-state index >= 15 is 4.39 Å². The van der Waals surface area contributed by atoms with E-state index < -0.39 is 44.6 Å². The number of pyridine rings is 1. The molecular weight excluding hydrogens is 570 g/mol. The average Bonchev–Trinajstić information content (AvgIpc) is 3.51. The highest BCUT2D eigenvalue weighted by Gasteiger charge is 2.28. The molecule has 13 heteroatoms. The topological polar surface area (TPSA) is 132 Å². The molecule has 3 N–H and O–H groups in total. The van der Waals surface area contributed by atoms with Crippen LogP contribution in [-0.2, 0) is 19.5 Å². The molecule has 0 aliphatic carbocycles. The molecule has 0 bridgehead atoms. The van der Waals surface area contributed by atoms with Crippen LogP contribution in [0, 0.1) is 11.6 Å². The molecule has 3 heterocycles. The summed E-state index contributed by atoms with van der Waals surface area (Å²) in [5.41, 5.74) is 0.780. The van der Waals surface area contributed by atoms with Crippen LogP contribution in [-0.4, -0.2) is 42.4 Å². The molecule has 2 aromatic carbocycles. The van der Waals surface area contributed by atoms with E-state index in [0.717, 1.165) is 23.4 Å². The van der Waals surface area contributed by atoms with Crippen LogP contribution in [0.3, 0.4) is 0 Å². The molecule has 0 fully saturated rings. The van der Waals surface area contributed by atoms with Crippen LogP contribution >= 0.6 is 0 Å². The molecule has 0 radical (unpaired) electrons. The van der Waals surface area contributed by atoms with Gasteiger partial charge in [0, 0.05) is 30.5 Å². The van der Waals surface area contributed by atoms with Crippen LogP contribution < -0.4 is 14.8 Å². The first kappa shape index (κ1) is 28.9. The highest BCUT2D eigenvalue weighted by molar-refractivity contribution is 7.92. The van der Waals surface area contributed by atoms with Gasteiger partial charge in [-0.25, -0.2) is 22.2 Å². The van der Waals surface area contributed by atoms with Crippen molar-refractivity contribution in [1.29, 1.82) is 0 Å². The number of hydrogen-bond acceptors (Lipinski definition) is 7. The summed E-state index contributed by atoms with van der Waals surface area (Å²) < 4.78 is 72.6. The van der Waals surface area contributed by atoms with Crippen molar-refractivity contribution in [2.45, 2.75) is 33.0 Å². The number of amides is 1. The Balaban J connectivity index is 1.32. The minimum absolute atomic E-state index is 0.181. The largest absolute Gasteiger partial charge is 0.486 e. The molecule has 4 aromatic rings. The van der Waals surface area contributed by atoms with E-state index in [1.807, 2.05) is 24.3 Å². The van der Waals surface area contributed by atoms with E-state index in [-0.39, 0.29) is 18.0 Å². The zero-order valence-electron chi connectivity index (χ0n) is 23.0. The lowest BCUT2D eigenvalue weighted by molar-refractivity contribution is -0.119. The second-order valence-corrected chi connectivity index (χ2v) is 11.9. The van der Waals surface area contributed by atoms with Gasteiger partial charge >= 0.3 is 0 Å². The molecule has 1 aliphatic rings. The maximum atomic E-state index is 15.0. The summed E-state index contributed by atoms with van der Waals surface area (Å²) in [7, 11) is -3.86. The van der Waals surface area contributed by atoms with Crippen molar-refractivity contribution in [1.82, 2.24) is 9.97 Å². The third kappa shape index (κ3) is 6.46. The number of hydrogen-bond donors (Lipinski definition) is 3. The average molecular weight is 599 g/mol. The lowest BCUT2D eigenvalue weighted by Gasteiger charge is -2.18. The first-order valence-corrected chi connectivity index (χ1v) is 14.7. The summed E-state index contributed by atoms with van der Waals surface area (Å²) in [6.07, 6.45) is 3.16. The van der Waals surface area contributed by atoms with Crippen LogP contribution in [0.25, 0.3) is 22.3 Å². The number of carbonyl (C=O) groups excluding carboxylic acids is 1. The van der Waals surface area contributed by atoms with Crippen molar-refractivity contribution in [2.24, 2.45) is 0 Å². The molecule has 0 saturated heterocycles. The van der Waals surface area contributed by atoms with Gasteiger partial charge in [-0.3, -0.25) is 9.52 Å². The Morgan fingerprint density at radius 1 is 1.14 bits per heavy atom. The minimum atomic E-state index is -3.86. The highest BCUT2D eigenvalue weighted by Crippen LogP contribution is 2.30. The molecule has 5 rings (SSSR count). The fraction of sp³-hybridized carbons (Fsp3) is 0.241. The number of aromatic nitrogens is 2. The predicted octanol–water partition coefficient (Wildman–Crippen LogP) is 5.92. The Morgan fingerprint density at radius 2 is 1.95 bits per heavy atom. The first-order valence-electron chi connectivity index (χ1n) is 13.0. The maximum Gasteiger partial charge on any atom is 0.261 e. The monoisotopic (exact) mass is 598 g/mol. The van der Waals surface area contributed by atoms with Crippen LogP contribution in [0.1, 0.15) is 37.6 Å². The van der Waals surface area contributed by atoms with E-state index in [0.29, 0.717) is 29.0 Å². The Bertz CT molecular complexity index is 1800. The molecule has 0 atom stereocenters. The normalized spacial score (nSPS) is 14.2. The molecule has 0 spiro atoms. The number of rotatable bonds is 10. The number of H-pyrrole nitrogens is 1. The third-order valence-corrected chi connectivity index (χ3v) is 7.64. The fourth-order valence-corrected chi connectivity index (χ4v) is 5.43. The third-order valence-electron chi connectivity index (χ3n) is 6.16. The molecule has 1 amide bonds. The molecule has 0 unspecified atom stereocenters.